The summed E-state index contributed by atoms with van der Waals surface area (Å²) < 4.78 is 5.98. The van der Waals surface area contributed by atoms with E-state index in [-0.39, 0.29) is 17.8 Å². The van der Waals surface area contributed by atoms with Crippen molar-refractivity contribution < 1.29 is 24.5 Å². The highest BCUT2D eigenvalue weighted by Gasteiger charge is 2.41. The Hall–Kier alpha value is -3.68. The summed E-state index contributed by atoms with van der Waals surface area (Å²) in [5.41, 5.74) is 1.96. The van der Waals surface area contributed by atoms with Crippen molar-refractivity contribution in [3.8, 4) is 0 Å². The molecule has 7 heteroatoms. The molecule has 7 nitrogen and oxygen atoms in total. The van der Waals surface area contributed by atoms with E-state index in [9.17, 15) is 19.8 Å². The van der Waals surface area contributed by atoms with Crippen molar-refractivity contribution in [1.29, 1.82) is 0 Å². The van der Waals surface area contributed by atoms with Gasteiger partial charge in [-0.1, -0.05) is 49.4 Å². The topological polar surface area (TPSA) is 109 Å². The number of hydrogen-bond acceptors (Lipinski definition) is 7. The van der Waals surface area contributed by atoms with Gasteiger partial charge >= 0.3 is 0 Å². The average Bonchev–Trinajstić information content (AvgIpc) is 2.86. The summed E-state index contributed by atoms with van der Waals surface area (Å²) >= 11 is 0. The summed E-state index contributed by atoms with van der Waals surface area (Å²) in [6.07, 6.45) is 6.40. The van der Waals surface area contributed by atoms with Gasteiger partial charge in [0.15, 0.2) is 11.5 Å². The lowest BCUT2D eigenvalue weighted by atomic mass is 9.89. The number of ether oxygens (including phenoxy) is 1. The van der Waals surface area contributed by atoms with Crippen molar-refractivity contribution in [2.24, 2.45) is 10.2 Å². The molecule has 2 aromatic carbocycles. The Balaban J connectivity index is 1.49. The first-order valence-electron chi connectivity index (χ1n) is 11.2. The molecule has 0 aliphatic heterocycles. The number of carbonyl (C=O) groups is 2. The van der Waals surface area contributed by atoms with Gasteiger partial charge in [0.1, 0.15) is 6.10 Å². The van der Waals surface area contributed by atoms with Crippen LogP contribution in [0.25, 0.3) is 6.08 Å². The van der Waals surface area contributed by atoms with Crippen LogP contribution in [0.2, 0.25) is 0 Å². The number of nitrogens with zero attached hydrogens (tertiary/aromatic N) is 2. The summed E-state index contributed by atoms with van der Waals surface area (Å²) in [6.45, 7) is 2.40. The summed E-state index contributed by atoms with van der Waals surface area (Å²) in [4.78, 5) is 23.5. The maximum Gasteiger partial charge on any atom is 0.228 e. The molecule has 0 heterocycles. The van der Waals surface area contributed by atoms with Crippen molar-refractivity contribution >= 4 is 23.3 Å². The molecule has 0 bridgehead atoms. The van der Waals surface area contributed by atoms with Crippen LogP contribution in [0, 0.1) is 0 Å². The molecule has 0 fully saturated rings. The Morgan fingerprint density at radius 1 is 0.971 bits per heavy atom. The number of aliphatic hydroxyl groups is 2. The third kappa shape index (κ3) is 4.81. The second kappa shape index (κ2) is 10.1. The van der Waals surface area contributed by atoms with Gasteiger partial charge in [0, 0.05) is 12.2 Å². The monoisotopic (exact) mass is 458 g/mol. The van der Waals surface area contributed by atoms with Gasteiger partial charge in [-0.15, -0.1) is 5.11 Å². The molecule has 2 aliphatic carbocycles. The Morgan fingerprint density at radius 2 is 1.71 bits per heavy atom. The number of fused-ring (bicyclic) bond motifs is 1. The molecule has 2 atom stereocenters. The van der Waals surface area contributed by atoms with E-state index in [1.165, 1.54) is 6.08 Å². The number of carbonyl (C=O) groups excluding carboxylic acids is 2. The molecular formula is C27H26N2O5. The zero-order chi connectivity index (χ0) is 24.1. The van der Waals surface area contributed by atoms with Crippen molar-refractivity contribution in [2.45, 2.75) is 38.0 Å². The lowest BCUT2D eigenvalue weighted by Crippen LogP contribution is -2.37. The Bertz CT molecular complexity index is 1210. The molecule has 4 rings (SSSR count). The van der Waals surface area contributed by atoms with E-state index in [0.717, 1.165) is 29.2 Å². The maximum atomic E-state index is 11.9. The number of rotatable bonds is 8. The fraction of sp³-hybridized carbons (Fsp3) is 0.259. The third-order valence-electron chi connectivity index (χ3n) is 5.85. The van der Waals surface area contributed by atoms with E-state index in [0.29, 0.717) is 18.7 Å². The molecule has 2 aromatic rings. The second-order valence-corrected chi connectivity index (χ2v) is 8.22. The van der Waals surface area contributed by atoms with Gasteiger partial charge in [-0.3, -0.25) is 9.59 Å². The largest absolute Gasteiger partial charge is 0.504 e. The van der Waals surface area contributed by atoms with Crippen LogP contribution in [0.1, 0.15) is 42.6 Å². The van der Waals surface area contributed by atoms with Crippen molar-refractivity contribution in [1.82, 2.24) is 0 Å². The van der Waals surface area contributed by atoms with Crippen LogP contribution < -0.4 is 0 Å². The maximum absolute atomic E-state index is 11.9. The Morgan fingerprint density at radius 3 is 2.47 bits per heavy atom. The van der Waals surface area contributed by atoms with Crippen LogP contribution >= 0.6 is 0 Å². The molecule has 34 heavy (non-hydrogen) atoms. The smallest absolute Gasteiger partial charge is 0.228 e. The fourth-order valence-corrected chi connectivity index (χ4v) is 3.92. The Labute approximate surface area is 197 Å². The number of aliphatic hydroxyl groups excluding tert-OH is 2. The third-order valence-corrected chi connectivity index (χ3v) is 5.85. The lowest BCUT2D eigenvalue weighted by Gasteiger charge is -2.34. The number of ketones is 2. The van der Waals surface area contributed by atoms with Crippen molar-refractivity contribution in [2.75, 3.05) is 6.61 Å². The minimum atomic E-state index is -1.31. The molecule has 0 saturated heterocycles. The predicted molar refractivity (Wildman–Crippen MR) is 127 cm³/mol. The van der Waals surface area contributed by atoms with E-state index in [1.54, 1.807) is 18.2 Å². The lowest BCUT2D eigenvalue weighted by molar-refractivity contribution is -0.117. The van der Waals surface area contributed by atoms with Gasteiger partial charge in [0.2, 0.25) is 11.5 Å². The molecule has 0 radical (unpaired) electrons. The molecule has 2 N–H and O–H groups in total. The average molecular weight is 459 g/mol. The molecule has 2 unspecified atom stereocenters. The number of aryl methyl sites for hydroxylation is 1. The number of allylic oxidation sites excluding steroid dienone is 3. The summed E-state index contributed by atoms with van der Waals surface area (Å²) in [5, 5.41) is 29.7. The van der Waals surface area contributed by atoms with E-state index >= 15 is 0 Å². The molecule has 0 aromatic heterocycles. The quantitative estimate of drug-likeness (QED) is 0.422. The van der Waals surface area contributed by atoms with E-state index in [4.69, 9.17) is 4.74 Å². The normalized spacial score (nSPS) is 22.0. The first-order chi connectivity index (χ1) is 16.4. The number of hydrogen-bond donors (Lipinski definition) is 2. The van der Waals surface area contributed by atoms with Crippen molar-refractivity contribution in [3.63, 3.8) is 0 Å². The zero-order valence-corrected chi connectivity index (χ0v) is 18.8. The first kappa shape index (κ1) is 23.5. The van der Waals surface area contributed by atoms with E-state index < -0.39 is 23.4 Å². The summed E-state index contributed by atoms with van der Waals surface area (Å²) in [6, 6.07) is 14.8. The minimum Gasteiger partial charge on any atom is -0.504 e. The molecule has 0 amide bonds. The van der Waals surface area contributed by atoms with Crippen LogP contribution in [-0.2, 0) is 20.7 Å². The van der Waals surface area contributed by atoms with Gasteiger partial charge in [0.05, 0.1) is 5.69 Å². The molecule has 0 spiro atoms. The van der Waals surface area contributed by atoms with Crippen molar-refractivity contribution in [3.05, 3.63) is 94.8 Å². The highest BCUT2D eigenvalue weighted by atomic mass is 16.5. The highest BCUT2D eigenvalue weighted by molar-refractivity contribution is 6.18. The highest BCUT2D eigenvalue weighted by Crippen LogP contribution is 2.39. The molecule has 0 saturated carbocycles. The van der Waals surface area contributed by atoms with Gasteiger partial charge in [0.25, 0.3) is 0 Å². The number of azo groups is 1. The van der Waals surface area contributed by atoms with E-state index in [2.05, 4.69) is 10.2 Å². The summed E-state index contributed by atoms with van der Waals surface area (Å²) in [7, 11) is 0. The minimum absolute atomic E-state index is 0.129. The summed E-state index contributed by atoms with van der Waals surface area (Å²) in [5.74, 6) is -1.37. The molecule has 2 aliphatic rings. The van der Waals surface area contributed by atoms with Gasteiger partial charge in [-0.05, 0) is 66.3 Å². The predicted octanol–water partition coefficient (Wildman–Crippen LogP) is 5.11. The molecular weight excluding hydrogens is 432 g/mol. The standard InChI is InChI=1S/C27H26N2O5/c1-2-17-34-27(16-15-19-5-3-4-6-21(19)26(27)33)29-28-20-10-7-18(8-11-20)9-12-22-23(30)13-14-24(31)25(22)32/h3-8,10-11,13-16,26,32-33H,2,9,12,17H2,1H3. The van der Waals surface area contributed by atoms with Crippen LogP contribution in [0.4, 0.5) is 5.69 Å². The van der Waals surface area contributed by atoms with Gasteiger partial charge < -0.3 is 14.9 Å². The zero-order valence-electron chi connectivity index (χ0n) is 18.8. The van der Waals surface area contributed by atoms with Gasteiger partial charge in [-0.25, -0.2) is 0 Å². The SMILES string of the molecule is CCCOC1(N=Nc2ccc(CCC3=C(O)C(=O)C=CC3=O)cc2)C=Cc2ccccc2C1O. The molecule has 174 valence electrons. The van der Waals surface area contributed by atoms with Crippen LogP contribution in [0.5, 0.6) is 0 Å². The first-order valence-corrected chi connectivity index (χ1v) is 11.2. The van der Waals surface area contributed by atoms with E-state index in [1.807, 2.05) is 49.4 Å². The van der Waals surface area contributed by atoms with Crippen LogP contribution in [0.15, 0.2) is 88.3 Å². The van der Waals surface area contributed by atoms with Crippen LogP contribution in [0.3, 0.4) is 0 Å². The van der Waals surface area contributed by atoms with Crippen LogP contribution in [-0.4, -0.2) is 34.1 Å². The number of benzene rings is 2. The van der Waals surface area contributed by atoms with Gasteiger partial charge in [-0.2, -0.15) is 5.11 Å². The fourth-order valence-electron chi connectivity index (χ4n) is 3.92. The second-order valence-electron chi connectivity index (χ2n) is 8.22. The Kier molecular flexibility index (Phi) is 6.95.